The molecule has 3 aromatic heterocycles. The lowest BCUT2D eigenvalue weighted by Gasteiger charge is -2.20. The molecule has 0 bridgehead atoms. The van der Waals surface area contributed by atoms with Crippen LogP contribution in [-0.4, -0.2) is 42.1 Å². The number of benzene rings is 1. The first-order valence-corrected chi connectivity index (χ1v) is 12.2. The van der Waals surface area contributed by atoms with E-state index in [2.05, 4.69) is 20.4 Å². The van der Waals surface area contributed by atoms with Gasteiger partial charge in [0.1, 0.15) is 23.4 Å². The Kier molecular flexibility index (Phi) is 7.94. The number of anilines is 1. The molecule has 2 atom stereocenters. The van der Waals surface area contributed by atoms with E-state index in [1.165, 1.54) is 33.2 Å². The predicted octanol–water partition coefficient (Wildman–Crippen LogP) is 4.30. The summed E-state index contributed by atoms with van der Waals surface area (Å²) in [6, 6.07) is 0.881. The summed E-state index contributed by atoms with van der Waals surface area (Å²) in [4.78, 5) is 32.6. The van der Waals surface area contributed by atoms with E-state index < -0.39 is 71.0 Å². The second-order valence-corrected chi connectivity index (χ2v) is 10.0. The molecule has 0 spiro atoms. The number of alkyl halides is 4. The third-order valence-electron chi connectivity index (χ3n) is 6.27. The van der Waals surface area contributed by atoms with Gasteiger partial charge in [0.15, 0.2) is 5.82 Å². The van der Waals surface area contributed by atoms with Gasteiger partial charge in [-0.2, -0.15) is 18.3 Å². The number of pyridine rings is 1. The molecule has 0 fully saturated rings. The number of H-pyrrole nitrogens is 1. The van der Waals surface area contributed by atoms with Crippen molar-refractivity contribution in [2.45, 2.75) is 57.7 Å². The van der Waals surface area contributed by atoms with Crippen LogP contribution in [0.15, 0.2) is 46.5 Å². The van der Waals surface area contributed by atoms with Crippen molar-refractivity contribution < 1.29 is 31.4 Å². The van der Waals surface area contributed by atoms with Crippen LogP contribution in [0.3, 0.4) is 0 Å². The van der Waals surface area contributed by atoms with Crippen LogP contribution in [0.1, 0.15) is 38.3 Å². The summed E-state index contributed by atoms with van der Waals surface area (Å²) < 4.78 is 85.4. The fraction of sp³-hybridized carbons (Fsp3) is 0.346. The number of fused-ring (bicyclic) bond motifs is 1. The maximum Gasteiger partial charge on any atom is 0.423 e. The van der Waals surface area contributed by atoms with Crippen LogP contribution in [-0.2, 0) is 18.3 Å². The topological polar surface area (TPSA) is 126 Å². The molecule has 0 aliphatic carbocycles. The second-order valence-electron chi connectivity index (χ2n) is 10.0. The zero-order valence-electron chi connectivity index (χ0n) is 21.9. The van der Waals surface area contributed by atoms with Crippen LogP contribution in [0.25, 0.3) is 22.2 Å². The quantitative estimate of drug-likeness (QED) is 0.265. The van der Waals surface area contributed by atoms with Gasteiger partial charge in [-0.15, -0.1) is 0 Å². The molecule has 1 aromatic carbocycles. The number of halogens is 6. The molecular weight excluding hydrogens is 558 g/mol. The van der Waals surface area contributed by atoms with Gasteiger partial charge in [0.2, 0.25) is 0 Å². The molecule has 0 saturated carbocycles. The van der Waals surface area contributed by atoms with E-state index in [0.29, 0.717) is 10.1 Å². The lowest BCUT2D eigenvalue weighted by Crippen LogP contribution is -2.30. The van der Waals surface area contributed by atoms with Gasteiger partial charge >= 0.3 is 6.18 Å². The Morgan fingerprint density at radius 3 is 2.32 bits per heavy atom. The summed E-state index contributed by atoms with van der Waals surface area (Å²) in [7, 11) is 0. The second kappa shape index (κ2) is 11.0. The van der Waals surface area contributed by atoms with E-state index in [1.807, 2.05) is 0 Å². The van der Waals surface area contributed by atoms with E-state index in [0.717, 1.165) is 24.5 Å². The highest BCUT2D eigenvalue weighted by Gasteiger charge is 2.37. The number of nitrogens with one attached hydrogen (secondary N) is 2. The normalized spacial score (nSPS) is 13.8. The molecule has 41 heavy (non-hydrogen) atoms. The molecule has 0 unspecified atom stereocenters. The van der Waals surface area contributed by atoms with Crippen molar-refractivity contribution in [3.05, 3.63) is 80.4 Å². The standard InChI is InChI=1S/C26H24F6N6O3/c1-12(36-20-9-35-37-23(39)21(20)26(30,31)32)4-14(27)10-38-11-19(29)15-5-17(18(28)6-16(15)24(38)40)22-33-7-13(8-34-22)25(2,3)41/h5-9,11-12,14,41H,4,10H2,1-3H3,(H2,36,37,39)/t12-,14-/m0/s1. The SMILES string of the molecule is C[C@@H](C[C@H](F)Cn1cc(F)c2cc(-c3ncc(C(C)(C)O)cn3)c(F)cc2c1=O)Nc1cn[nH]c(=O)c1C(F)(F)F. The number of aromatic nitrogens is 5. The highest BCUT2D eigenvalue weighted by atomic mass is 19.4. The molecule has 15 heteroatoms. The van der Waals surface area contributed by atoms with E-state index >= 15 is 4.39 Å². The number of aliphatic hydroxyl groups is 1. The van der Waals surface area contributed by atoms with Gasteiger partial charge in [-0.3, -0.25) is 9.59 Å². The van der Waals surface area contributed by atoms with E-state index in [4.69, 9.17) is 0 Å². The Morgan fingerprint density at radius 1 is 1.05 bits per heavy atom. The van der Waals surface area contributed by atoms with Gasteiger partial charge in [0.05, 0.1) is 35.0 Å². The van der Waals surface area contributed by atoms with Crippen LogP contribution in [0.4, 0.5) is 32.0 Å². The Balaban J connectivity index is 1.56. The Morgan fingerprint density at radius 2 is 1.71 bits per heavy atom. The molecule has 0 saturated heterocycles. The minimum atomic E-state index is -5.00. The van der Waals surface area contributed by atoms with Crippen LogP contribution in [0, 0.1) is 11.6 Å². The molecule has 0 aliphatic rings. The molecule has 9 nitrogen and oxygen atoms in total. The summed E-state index contributed by atoms with van der Waals surface area (Å²) in [5, 5.41) is 16.8. The van der Waals surface area contributed by atoms with Crippen molar-refractivity contribution in [3.8, 4) is 11.4 Å². The lowest BCUT2D eigenvalue weighted by molar-refractivity contribution is -0.138. The Hall–Kier alpha value is -4.27. The molecule has 3 N–H and O–H groups in total. The summed E-state index contributed by atoms with van der Waals surface area (Å²) in [5.74, 6) is -2.02. The number of aromatic amines is 1. The highest BCUT2D eigenvalue weighted by Crippen LogP contribution is 2.32. The highest BCUT2D eigenvalue weighted by molar-refractivity contribution is 5.86. The first-order chi connectivity index (χ1) is 19.1. The number of rotatable bonds is 8. The number of nitrogens with zero attached hydrogens (tertiary/aromatic N) is 4. The Labute approximate surface area is 227 Å². The van der Waals surface area contributed by atoms with Crippen LogP contribution >= 0.6 is 0 Å². The molecule has 218 valence electrons. The zero-order chi connectivity index (χ0) is 30.3. The Bertz CT molecular complexity index is 1700. The van der Waals surface area contributed by atoms with E-state index in [9.17, 15) is 36.6 Å². The minimum Gasteiger partial charge on any atom is -0.386 e. The van der Waals surface area contributed by atoms with Gasteiger partial charge in [0.25, 0.3) is 11.1 Å². The molecule has 0 amide bonds. The largest absolute Gasteiger partial charge is 0.423 e. The number of hydrogen-bond donors (Lipinski definition) is 3. The fourth-order valence-electron chi connectivity index (χ4n) is 4.24. The fourth-order valence-corrected chi connectivity index (χ4v) is 4.24. The molecule has 4 aromatic rings. The van der Waals surface area contributed by atoms with Crippen molar-refractivity contribution in [2.24, 2.45) is 0 Å². The monoisotopic (exact) mass is 582 g/mol. The van der Waals surface area contributed by atoms with E-state index in [1.54, 1.807) is 5.10 Å². The zero-order valence-corrected chi connectivity index (χ0v) is 21.9. The average molecular weight is 583 g/mol. The van der Waals surface area contributed by atoms with Crippen molar-refractivity contribution >= 4 is 16.5 Å². The van der Waals surface area contributed by atoms with Gasteiger partial charge in [-0.05, 0) is 32.9 Å². The maximum atomic E-state index is 15.0. The summed E-state index contributed by atoms with van der Waals surface area (Å²) in [5.41, 5.74) is -5.64. The predicted molar refractivity (Wildman–Crippen MR) is 137 cm³/mol. The molecule has 0 radical (unpaired) electrons. The summed E-state index contributed by atoms with van der Waals surface area (Å²) in [6.45, 7) is 3.69. The summed E-state index contributed by atoms with van der Waals surface area (Å²) >= 11 is 0. The molecule has 4 rings (SSSR count). The average Bonchev–Trinajstić information content (AvgIpc) is 2.85. The lowest BCUT2D eigenvalue weighted by atomic mass is 10.0. The van der Waals surface area contributed by atoms with Crippen molar-refractivity contribution in [1.82, 2.24) is 24.7 Å². The molecule has 0 aliphatic heterocycles. The van der Waals surface area contributed by atoms with Gasteiger partial charge in [-0.25, -0.2) is 28.2 Å². The maximum absolute atomic E-state index is 15.0. The molecule has 3 heterocycles. The minimum absolute atomic E-state index is 0.115. The van der Waals surface area contributed by atoms with Crippen molar-refractivity contribution in [3.63, 3.8) is 0 Å². The smallest absolute Gasteiger partial charge is 0.386 e. The third-order valence-corrected chi connectivity index (χ3v) is 6.27. The van der Waals surface area contributed by atoms with Gasteiger partial charge in [0, 0.05) is 42.0 Å². The van der Waals surface area contributed by atoms with Crippen LogP contribution in [0.5, 0.6) is 0 Å². The van der Waals surface area contributed by atoms with Crippen molar-refractivity contribution in [2.75, 3.05) is 5.32 Å². The van der Waals surface area contributed by atoms with Crippen LogP contribution in [0.2, 0.25) is 0 Å². The number of hydrogen-bond acceptors (Lipinski definition) is 7. The van der Waals surface area contributed by atoms with Crippen LogP contribution < -0.4 is 16.4 Å². The van der Waals surface area contributed by atoms with E-state index in [-0.39, 0.29) is 22.2 Å². The first-order valence-electron chi connectivity index (χ1n) is 12.2. The van der Waals surface area contributed by atoms with Gasteiger partial charge < -0.3 is 15.0 Å². The first kappa shape index (κ1) is 29.7. The van der Waals surface area contributed by atoms with Crippen molar-refractivity contribution in [1.29, 1.82) is 0 Å². The molecular formula is C26H24F6N6O3. The summed E-state index contributed by atoms with van der Waals surface area (Å²) in [6.07, 6.45) is -3.21. The van der Waals surface area contributed by atoms with Gasteiger partial charge in [-0.1, -0.05) is 0 Å². The third kappa shape index (κ3) is 6.39.